The van der Waals surface area contributed by atoms with Gasteiger partial charge in [-0.3, -0.25) is 0 Å². The third-order valence-electron chi connectivity index (χ3n) is 13.1. The number of rotatable bonds is 4. The van der Waals surface area contributed by atoms with Gasteiger partial charge < -0.3 is 4.42 Å². The van der Waals surface area contributed by atoms with Gasteiger partial charge in [0.2, 0.25) is 0 Å². The summed E-state index contributed by atoms with van der Waals surface area (Å²) in [5.41, 5.74) is 20.6. The summed E-state index contributed by atoms with van der Waals surface area (Å²) < 4.78 is 6.40. The first-order valence-electron chi connectivity index (χ1n) is 21.2. The Morgan fingerprint density at radius 3 is 1.48 bits per heavy atom. The fourth-order valence-electron chi connectivity index (χ4n) is 10.4. The molecule has 11 aromatic rings. The van der Waals surface area contributed by atoms with Crippen LogP contribution in [0.3, 0.4) is 0 Å². The first-order chi connectivity index (χ1) is 30.7. The molecule has 3 nitrogen and oxygen atoms in total. The van der Waals surface area contributed by atoms with Gasteiger partial charge >= 0.3 is 0 Å². The molecule has 0 N–H and O–H groups in total. The molecule has 0 atom stereocenters. The normalized spacial score (nSPS) is 13.0. The number of hydrogen-bond acceptors (Lipinski definition) is 3. The molecule has 0 saturated heterocycles. The Bertz CT molecular complexity index is 3530. The van der Waals surface area contributed by atoms with E-state index in [1.807, 2.05) is 12.1 Å². The molecule has 2 aromatic heterocycles. The molecular formula is C59H36N2O. The fraction of sp³-hybridized carbons (Fsp3) is 0.0169. The van der Waals surface area contributed by atoms with Gasteiger partial charge in [0, 0.05) is 27.5 Å². The Hall–Kier alpha value is -8.14. The number of para-hydroxylation sites is 1. The molecule has 2 heterocycles. The zero-order valence-electron chi connectivity index (χ0n) is 33.6. The Labute approximate surface area is 359 Å². The molecule has 3 heteroatoms. The Kier molecular flexibility index (Phi) is 7.52. The first kappa shape index (κ1) is 34.7. The van der Waals surface area contributed by atoms with Crippen molar-refractivity contribution >= 4 is 21.9 Å². The number of aromatic nitrogens is 2. The molecule has 0 fully saturated rings. The highest BCUT2D eigenvalue weighted by atomic mass is 16.3. The summed E-state index contributed by atoms with van der Waals surface area (Å²) in [4.78, 5) is 10.8. The van der Waals surface area contributed by atoms with Gasteiger partial charge in [-0.15, -0.1) is 0 Å². The van der Waals surface area contributed by atoms with E-state index in [9.17, 15) is 0 Å². The second-order valence-electron chi connectivity index (χ2n) is 16.4. The van der Waals surface area contributed by atoms with Crippen LogP contribution in [0.25, 0.3) is 100 Å². The molecule has 1 spiro atoms. The highest BCUT2D eigenvalue weighted by molar-refractivity contribution is 6.06. The number of hydrogen-bond donors (Lipinski definition) is 0. The van der Waals surface area contributed by atoms with Gasteiger partial charge in [0.1, 0.15) is 11.2 Å². The molecule has 0 amide bonds. The minimum Gasteiger partial charge on any atom is -0.456 e. The van der Waals surface area contributed by atoms with Crippen LogP contribution in [0.1, 0.15) is 22.3 Å². The van der Waals surface area contributed by atoms with Crippen molar-refractivity contribution in [2.24, 2.45) is 0 Å². The van der Waals surface area contributed by atoms with E-state index in [1.165, 1.54) is 55.6 Å². The van der Waals surface area contributed by atoms with Gasteiger partial charge in [0.15, 0.2) is 5.82 Å². The van der Waals surface area contributed by atoms with Crippen LogP contribution < -0.4 is 0 Å². The smallest absolute Gasteiger partial charge is 0.160 e. The van der Waals surface area contributed by atoms with Crippen LogP contribution >= 0.6 is 0 Å². The Morgan fingerprint density at radius 2 is 0.790 bits per heavy atom. The van der Waals surface area contributed by atoms with Crippen molar-refractivity contribution in [1.29, 1.82) is 0 Å². The van der Waals surface area contributed by atoms with E-state index in [4.69, 9.17) is 14.4 Å². The molecule has 0 saturated carbocycles. The van der Waals surface area contributed by atoms with Crippen molar-refractivity contribution in [1.82, 2.24) is 9.97 Å². The summed E-state index contributed by atoms with van der Waals surface area (Å²) in [5, 5.41) is 2.19. The molecule has 62 heavy (non-hydrogen) atoms. The minimum absolute atomic E-state index is 0.594. The lowest BCUT2D eigenvalue weighted by molar-refractivity contribution is 0.669. The lowest BCUT2D eigenvalue weighted by atomic mass is 9.65. The highest BCUT2D eigenvalue weighted by Crippen LogP contribution is 2.61. The molecule has 2 aliphatic carbocycles. The zero-order chi connectivity index (χ0) is 40.8. The minimum atomic E-state index is -0.594. The van der Waals surface area contributed by atoms with Crippen molar-refractivity contribution in [2.45, 2.75) is 5.41 Å². The van der Waals surface area contributed by atoms with Crippen molar-refractivity contribution in [2.75, 3.05) is 0 Å². The highest BCUT2D eigenvalue weighted by Gasteiger charge is 2.49. The number of furan rings is 1. The Balaban J connectivity index is 1.07. The lowest BCUT2D eigenvalue weighted by Gasteiger charge is -2.35. The van der Waals surface area contributed by atoms with Crippen LogP contribution in [-0.4, -0.2) is 9.97 Å². The number of benzene rings is 9. The van der Waals surface area contributed by atoms with E-state index in [2.05, 4.69) is 206 Å². The molecule has 0 unspecified atom stereocenters. The van der Waals surface area contributed by atoms with Crippen molar-refractivity contribution in [3.8, 4) is 78.4 Å². The summed E-state index contributed by atoms with van der Waals surface area (Å²) in [5.74, 6) is 0.666. The largest absolute Gasteiger partial charge is 0.456 e. The number of nitrogens with zero attached hydrogens (tertiary/aromatic N) is 2. The summed E-state index contributed by atoms with van der Waals surface area (Å²) in [6, 6.07) is 78.8. The van der Waals surface area contributed by atoms with Gasteiger partial charge in [-0.05, 0) is 103 Å². The Morgan fingerprint density at radius 1 is 0.290 bits per heavy atom. The van der Waals surface area contributed by atoms with Crippen LogP contribution in [0.5, 0.6) is 0 Å². The van der Waals surface area contributed by atoms with E-state index in [1.54, 1.807) is 0 Å². The molecule has 0 aliphatic heterocycles. The standard InChI is InChI=1S/C59H36N2O/c1-2-15-37(16-3-1)38-17-14-18-41(33-38)58-60-54(36-55(61-58)40-30-32-49-48-24-9-13-28-56(48)62-57(49)35-40)39-29-31-47-46-23-8-12-27-52(46)59(53(47)34-39)50-25-10-6-21-44(50)42-19-4-5-20-43(42)45-22-7-11-26-51(45)59/h1-36H. The quantitative estimate of drug-likeness (QED) is 0.178. The van der Waals surface area contributed by atoms with E-state index < -0.39 is 5.41 Å². The summed E-state index contributed by atoms with van der Waals surface area (Å²) in [7, 11) is 0. The molecule has 13 rings (SSSR count). The monoisotopic (exact) mass is 788 g/mol. The topological polar surface area (TPSA) is 38.9 Å². The van der Waals surface area contributed by atoms with Crippen molar-refractivity contribution in [3.05, 3.63) is 241 Å². The first-order valence-corrected chi connectivity index (χ1v) is 21.2. The van der Waals surface area contributed by atoms with Crippen LogP contribution in [0.4, 0.5) is 0 Å². The maximum absolute atomic E-state index is 6.40. The average Bonchev–Trinajstić information content (AvgIpc) is 3.84. The van der Waals surface area contributed by atoms with Crippen molar-refractivity contribution in [3.63, 3.8) is 0 Å². The molecule has 288 valence electrons. The van der Waals surface area contributed by atoms with Gasteiger partial charge in [-0.1, -0.05) is 182 Å². The third-order valence-corrected chi connectivity index (χ3v) is 13.1. The van der Waals surface area contributed by atoms with Crippen LogP contribution in [-0.2, 0) is 5.41 Å². The third kappa shape index (κ3) is 5.06. The lowest BCUT2D eigenvalue weighted by Crippen LogP contribution is -2.29. The fourth-order valence-corrected chi connectivity index (χ4v) is 10.4. The van der Waals surface area contributed by atoms with Gasteiger partial charge in [-0.25, -0.2) is 9.97 Å². The van der Waals surface area contributed by atoms with Crippen LogP contribution in [0.15, 0.2) is 223 Å². The van der Waals surface area contributed by atoms with E-state index in [0.29, 0.717) is 5.82 Å². The molecule has 0 bridgehead atoms. The SMILES string of the molecule is c1ccc(-c2cccc(-c3nc(-c4ccc5c(c4)C4(c6ccccc6-c6ccccc6-c6ccccc64)c4ccccc4-5)cc(-c4ccc5c(c4)oc4ccccc45)n3)c2)cc1. The van der Waals surface area contributed by atoms with Crippen LogP contribution in [0.2, 0.25) is 0 Å². The number of fused-ring (bicyclic) bond motifs is 15. The summed E-state index contributed by atoms with van der Waals surface area (Å²) in [6.07, 6.45) is 0. The maximum atomic E-state index is 6.40. The summed E-state index contributed by atoms with van der Waals surface area (Å²) >= 11 is 0. The molecule has 0 radical (unpaired) electrons. The molecule has 9 aromatic carbocycles. The maximum Gasteiger partial charge on any atom is 0.160 e. The average molecular weight is 789 g/mol. The van der Waals surface area contributed by atoms with E-state index in [0.717, 1.165) is 61.1 Å². The molecule has 2 aliphatic rings. The van der Waals surface area contributed by atoms with E-state index in [-0.39, 0.29) is 0 Å². The summed E-state index contributed by atoms with van der Waals surface area (Å²) in [6.45, 7) is 0. The predicted molar refractivity (Wildman–Crippen MR) is 253 cm³/mol. The van der Waals surface area contributed by atoms with Gasteiger partial charge in [0.05, 0.1) is 16.8 Å². The zero-order valence-corrected chi connectivity index (χ0v) is 33.6. The molecular weight excluding hydrogens is 753 g/mol. The predicted octanol–water partition coefficient (Wildman–Crippen LogP) is 15.1. The van der Waals surface area contributed by atoms with Gasteiger partial charge in [0.25, 0.3) is 0 Å². The second-order valence-corrected chi connectivity index (χ2v) is 16.4. The van der Waals surface area contributed by atoms with Crippen molar-refractivity contribution < 1.29 is 4.42 Å². The van der Waals surface area contributed by atoms with Crippen LogP contribution in [0, 0.1) is 0 Å². The second kappa shape index (κ2) is 13.4. The van der Waals surface area contributed by atoms with Gasteiger partial charge in [-0.2, -0.15) is 0 Å². The van der Waals surface area contributed by atoms with E-state index >= 15 is 0 Å².